The number of nitrogens with one attached hydrogen (secondary N) is 2. The maximum absolute atomic E-state index is 11.9. The Labute approximate surface area is 159 Å². The molecule has 1 unspecified atom stereocenters. The second kappa shape index (κ2) is 9.38. The van der Waals surface area contributed by atoms with Crippen LogP contribution in [0.15, 0.2) is 28.6 Å². The van der Waals surface area contributed by atoms with Gasteiger partial charge in [-0.05, 0) is 30.5 Å². The molecule has 1 saturated heterocycles. The molecule has 1 aliphatic rings. The van der Waals surface area contributed by atoms with Crippen molar-refractivity contribution < 1.29 is 9.53 Å². The quantitative estimate of drug-likeness (QED) is 0.665. The molecule has 134 valence electrons. The number of thioether (sulfide) groups is 1. The molecule has 2 heterocycles. The molecule has 25 heavy (non-hydrogen) atoms. The van der Waals surface area contributed by atoms with Crippen LogP contribution in [0.2, 0.25) is 5.02 Å². The molecule has 1 aromatic carbocycles. The summed E-state index contributed by atoms with van der Waals surface area (Å²) in [4.78, 5) is 11.9. The number of carbonyl (C=O) groups is 1. The molecule has 1 amide bonds. The van der Waals surface area contributed by atoms with Gasteiger partial charge in [-0.2, -0.15) is 0 Å². The van der Waals surface area contributed by atoms with E-state index in [0.717, 1.165) is 41.0 Å². The standard InChI is InChI=1S/C16H19ClN4O2S2/c17-12-4-1-3-11(7-12)8-18-14(22)10-24-16-21-20-15(25-16)19-9-13-5-2-6-23-13/h1,3-4,7,13H,2,5-6,8-10H2,(H,18,22)(H,19,20). The van der Waals surface area contributed by atoms with Crippen LogP contribution in [-0.4, -0.2) is 41.1 Å². The third kappa shape index (κ3) is 6.14. The lowest BCUT2D eigenvalue weighted by Gasteiger charge is -2.08. The Bertz CT molecular complexity index is 707. The smallest absolute Gasteiger partial charge is 0.230 e. The van der Waals surface area contributed by atoms with E-state index in [0.29, 0.717) is 17.3 Å². The number of nitrogens with zero attached hydrogens (tertiary/aromatic N) is 2. The first-order valence-corrected chi connectivity index (χ1v) is 10.2. The van der Waals surface area contributed by atoms with E-state index < -0.39 is 0 Å². The van der Waals surface area contributed by atoms with Crippen LogP contribution in [0.25, 0.3) is 0 Å². The number of carbonyl (C=O) groups excluding carboxylic acids is 1. The molecule has 0 aliphatic carbocycles. The fourth-order valence-electron chi connectivity index (χ4n) is 2.37. The lowest BCUT2D eigenvalue weighted by atomic mass is 10.2. The van der Waals surface area contributed by atoms with Crippen LogP contribution in [0.3, 0.4) is 0 Å². The van der Waals surface area contributed by atoms with Crippen LogP contribution in [0.5, 0.6) is 0 Å². The van der Waals surface area contributed by atoms with Gasteiger partial charge in [0.2, 0.25) is 11.0 Å². The monoisotopic (exact) mass is 398 g/mol. The number of ether oxygens (including phenoxy) is 1. The maximum atomic E-state index is 11.9. The number of amides is 1. The van der Waals surface area contributed by atoms with Gasteiger partial charge < -0.3 is 15.4 Å². The van der Waals surface area contributed by atoms with Gasteiger partial charge in [0, 0.05) is 24.7 Å². The first kappa shape index (κ1) is 18.4. The number of hydrogen-bond acceptors (Lipinski definition) is 7. The summed E-state index contributed by atoms with van der Waals surface area (Å²) in [5, 5.41) is 15.7. The minimum Gasteiger partial charge on any atom is -0.376 e. The van der Waals surface area contributed by atoms with Crippen LogP contribution >= 0.6 is 34.7 Å². The fourth-order valence-corrected chi connectivity index (χ4v) is 4.17. The van der Waals surface area contributed by atoms with Gasteiger partial charge in [-0.15, -0.1) is 10.2 Å². The third-order valence-corrected chi connectivity index (χ3v) is 5.87. The van der Waals surface area contributed by atoms with Gasteiger partial charge in [0.15, 0.2) is 4.34 Å². The summed E-state index contributed by atoms with van der Waals surface area (Å²) in [5.74, 6) is 0.259. The molecule has 1 aliphatic heterocycles. The lowest BCUT2D eigenvalue weighted by Crippen LogP contribution is -2.24. The maximum Gasteiger partial charge on any atom is 0.230 e. The van der Waals surface area contributed by atoms with Crippen molar-refractivity contribution in [1.82, 2.24) is 15.5 Å². The topological polar surface area (TPSA) is 76.1 Å². The third-order valence-electron chi connectivity index (χ3n) is 3.62. The van der Waals surface area contributed by atoms with E-state index >= 15 is 0 Å². The minimum atomic E-state index is -0.0472. The average Bonchev–Trinajstić information content (AvgIpc) is 3.28. The van der Waals surface area contributed by atoms with Gasteiger partial charge >= 0.3 is 0 Å². The SMILES string of the molecule is O=C(CSc1nnc(NCC2CCCO2)s1)NCc1cccc(Cl)c1. The molecule has 6 nitrogen and oxygen atoms in total. The Balaban J connectivity index is 1.37. The fraction of sp³-hybridized carbons (Fsp3) is 0.438. The molecule has 1 atom stereocenters. The summed E-state index contributed by atoms with van der Waals surface area (Å²) in [6, 6.07) is 7.44. The molecular formula is C16H19ClN4O2S2. The molecule has 9 heteroatoms. The van der Waals surface area contributed by atoms with Crippen LogP contribution in [0, 0.1) is 0 Å². The molecule has 3 rings (SSSR count). The normalized spacial score (nSPS) is 16.8. The predicted octanol–water partition coefficient (Wildman–Crippen LogP) is 3.19. The van der Waals surface area contributed by atoms with Gasteiger partial charge in [0.25, 0.3) is 0 Å². The van der Waals surface area contributed by atoms with Crippen molar-refractivity contribution in [1.29, 1.82) is 0 Å². The Kier molecular flexibility index (Phi) is 6.92. The highest BCUT2D eigenvalue weighted by Gasteiger charge is 2.16. The van der Waals surface area contributed by atoms with Crippen LogP contribution in [-0.2, 0) is 16.1 Å². The number of benzene rings is 1. The van der Waals surface area contributed by atoms with E-state index in [4.69, 9.17) is 16.3 Å². The van der Waals surface area contributed by atoms with Crippen molar-refractivity contribution in [3.05, 3.63) is 34.9 Å². The molecule has 0 spiro atoms. The molecule has 1 fully saturated rings. The summed E-state index contributed by atoms with van der Waals surface area (Å²) in [7, 11) is 0. The van der Waals surface area contributed by atoms with Crippen LogP contribution in [0.4, 0.5) is 5.13 Å². The predicted molar refractivity (Wildman–Crippen MR) is 101 cm³/mol. The highest BCUT2D eigenvalue weighted by molar-refractivity contribution is 8.01. The number of anilines is 1. The Morgan fingerprint density at radius 2 is 2.36 bits per heavy atom. The van der Waals surface area contributed by atoms with Gasteiger partial charge in [0.05, 0.1) is 11.9 Å². The largest absolute Gasteiger partial charge is 0.376 e. The van der Waals surface area contributed by atoms with Crippen molar-refractivity contribution in [3.63, 3.8) is 0 Å². The highest BCUT2D eigenvalue weighted by atomic mass is 35.5. The highest BCUT2D eigenvalue weighted by Crippen LogP contribution is 2.25. The summed E-state index contributed by atoms with van der Waals surface area (Å²) in [6.07, 6.45) is 2.46. The van der Waals surface area contributed by atoms with E-state index in [1.54, 1.807) is 0 Å². The Morgan fingerprint density at radius 1 is 1.44 bits per heavy atom. The second-order valence-electron chi connectivity index (χ2n) is 5.58. The molecule has 0 bridgehead atoms. The summed E-state index contributed by atoms with van der Waals surface area (Å²) >= 11 is 8.76. The Morgan fingerprint density at radius 3 is 3.16 bits per heavy atom. The van der Waals surface area contributed by atoms with Gasteiger partial charge in [-0.1, -0.05) is 46.8 Å². The van der Waals surface area contributed by atoms with Crippen molar-refractivity contribution in [2.45, 2.75) is 29.8 Å². The van der Waals surface area contributed by atoms with Gasteiger partial charge in [-0.3, -0.25) is 4.79 Å². The molecule has 2 N–H and O–H groups in total. The second-order valence-corrected chi connectivity index (χ2v) is 8.22. The van der Waals surface area contributed by atoms with E-state index in [-0.39, 0.29) is 12.0 Å². The van der Waals surface area contributed by atoms with Gasteiger partial charge in [-0.25, -0.2) is 0 Å². The summed E-state index contributed by atoms with van der Waals surface area (Å²) in [6.45, 7) is 2.05. The summed E-state index contributed by atoms with van der Waals surface area (Å²) < 4.78 is 6.33. The average molecular weight is 399 g/mol. The molecule has 0 saturated carbocycles. The van der Waals surface area contributed by atoms with Gasteiger partial charge in [0.1, 0.15) is 0 Å². The number of rotatable bonds is 8. The number of hydrogen-bond donors (Lipinski definition) is 2. The number of halogens is 1. The van der Waals surface area contributed by atoms with Crippen molar-refractivity contribution in [2.75, 3.05) is 24.2 Å². The lowest BCUT2D eigenvalue weighted by molar-refractivity contribution is -0.118. The molecule has 2 aromatic rings. The van der Waals surface area contributed by atoms with E-state index in [1.807, 2.05) is 24.3 Å². The zero-order valence-corrected chi connectivity index (χ0v) is 15.9. The van der Waals surface area contributed by atoms with E-state index in [9.17, 15) is 4.79 Å². The molecule has 1 aromatic heterocycles. The zero-order chi connectivity index (χ0) is 17.5. The molecule has 0 radical (unpaired) electrons. The first-order chi connectivity index (χ1) is 12.2. The summed E-state index contributed by atoms with van der Waals surface area (Å²) in [5.41, 5.74) is 0.974. The van der Waals surface area contributed by atoms with Crippen LogP contribution in [0.1, 0.15) is 18.4 Å². The van der Waals surface area contributed by atoms with Crippen molar-refractivity contribution >= 4 is 45.7 Å². The minimum absolute atomic E-state index is 0.0472. The Hall–Kier alpha value is -1.35. The van der Waals surface area contributed by atoms with E-state index in [2.05, 4.69) is 20.8 Å². The van der Waals surface area contributed by atoms with Crippen molar-refractivity contribution in [3.8, 4) is 0 Å². The first-order valence-electron chi connectivity index (χ1n) is 8.02. The van der Waals surface area contributed by atoms with Crippen LogP contribution < -0.4 is 10.6 Å². The van der Waals surface area contributed by atoms with E-state index in [1.165, 1.54) is 23.1 Å². The van der Waals surface area contributed by atoms with Crippen molar-refractivity contribution in [2.24, 2.45) is 0 Å². The zero-order valence-electron chi connectivity index (χ0n) is 13.5. The number of aromatic nitrogens is 2. The molecular weight excluding hydrogens is 380 g/mol.